The molecule has 2 N–H and O–H groups in total. The highest BCUT2D eigenvalue weighted by Crippen LogP contribution is 2.21. The first-order valence-electron chi connectivity index (χ1n) is 6.38. The minimum Gasteiger partial charge on any atom is -0.507 e. The molecule has 0 saturated heterocycles. The molecule has 0 atom stereocenters. The lowest BCUT2D eigenvalue weighted by molar-refractivity contribution is 0.0952. The summed E-state index contributed by atoms with van der Waals surface area (Å²) >= 11 is 3.36. The van der Waals surface area contributed by atoms with Gasteiger partial charge in [0.05, 0.1) is 11.3 Å². The number of para-hydroxylation sites is 1. The highest BCUT2D eigenvalue weighted by molar-refractivity contribution is 9.10. The van der Waals surface area contributed by atoms with Crippen LogP contribution in [0.3, 0.4) is 0 Å². The summed E-state index contributed by atoms with van der Waals surface area (Å²) in [5.74, 6) is -0.459. The molecule has 0 aromatic heterocycles. The maximum atomic E-state index is 12.0. The fourth-order valence-electron chi connectivity index (χ4n) is 1.79. The van der Waals surface area contributed by atoms with E-state index in [0.717, 1.165) is 10.0 Å². The molecular formula is C16H15BrN2O2. The highest BCUT2D eigenvalue weighted by Gasteiger charge is 2.11. The van der Waals surface area contributed by atoms with E-state index in [1.165, 1.54) is 0 Å². The zero-order chi connectivity index (χ0) is 15.4. The Morgan fingerprint density at radius 3 is 2.52 bits per heavy atom. The van der Waals surface area contributed by atoms with Gasteiger partial charge in [-0.15, -0.1) is 0 Å². The molecule has 0 aliphatic rings. The number of carbonyl (C=O) groups excluding carboxylic acids is 1. The lowest BCUT2D eigenvalue weighted by Crippen LogP contribution is -2.19. The van der Waals surface area contributed by atoms with Crippen molar-refractivity contribution in [3.8, 4) is 5.75 Å². The summed E-state index contributed by atoms with van der Waals surface area (Å²) in [6.07, 6.45) is 0. The SMILES string of the molecule is C/C(=N/NC(=O)c1cccc(C)c1O)c1ccc(Br)cc1. The Labute approximate surface area is 131 Å². The zero-order valence-electron chi connectivity index (χ0n) is 11.7. The molecule has 0 spiro atoms. The Morgan fingerprint density at radius 2 is 1.86 bits per heavy atom. The third-order valence-electron chi connectivity index (χ3n) is 3.07. The minimum atomic E-state index is -0.437. The molecule has 5 heteroatoms. The Kier molecular flexibility index (Phi) is 4.75. The van der Waals surface area contributed by atoms with Gasteiger partial charge >= 0.3 is 0 Å². The fraction of sp³-hybridized carbons (Fsp3) is 0.125. The van der Waals surface area contributed by atoms with Crippen LogP contribution in [-0.2, 0) is 0 Å². The predicted octanol–water partition coefficient (Wildman–Crippen LogP) is 3.62. The van der Waals surface area contributed by atoms with Gasteiger partial charge in [0.1, 0.15) is 5.75 Å². The maximum absolute atomic E-state index is 12.0. The van der Waals surface area contributed by atoms with E-state index in [-0.39, 0.29) is 11.3 Å². The molecule has 0 aliphatic carbocycles. The standard InChI is InChI=1S/C16H15BrN2O2/c1-10-4-3-5-14(15(10)20)16(21)19-18-11(2)12-6-8-13(17)9-7-12/h3-9,20H,1-2H3,(H,19,21)/b18-11-. The molecule has 0 bridgehead atoms. The van der Waals surface area contributed by atoms with Crippen LogP contribution in [0.2, 0.25) is 0 Å². The lowest BCUT2D eigenvalue weighted by Gasteiger charge is -2.06. The average Bonchev–Trinajstić information content (AvgIpc) is 2.48. The van der Waals surface area contributed by atoms with Crippen LogP contribution in [-0.4, -0.2) is 16.7 Å². The van der Waals surface area contributed by atoms with Crippen LogP contribution in [0.4, 0.5) is 0 Å². The number of phenols is 1. The number of hydrogen-bond acceptors (Lipinski definition) is 3. The van der Waals surface area contributed by atoms with E-state index >= 15 is 0 Å². The van der Waals surface area contributed by atoms with Crippen molar-refractivity contribution >= 4 is 27.5 Å². The molecule has 21 heavy (non-hydrogen) atoms. The van der Waals surface area contributed by atoms with E-state index in [0.29, 0.717) is 11.3 Å². The van der Waals surface area contributed by atoms with Crippen LogP contribution in [0.25, 0.3) is 0 Å². The van der Waals surface area contributed by atoms with Crippen molar-refractivity contribution in [2.75, 3.05) is 0 Å². The van der Waals surface area contributed by atoms with Crippen molar-refractivity contribution in [2.45, 2.75) is 13.8 Å². The molecule has 4 nitrogen and oxygen atoms in total. The van der Waals surface area contributed by atoms with Crippen molar-refractivity contribution in [1.29, 1.82) is 0 Å². The molecule has 2 aromatic rings. The molecule has 0 heterocycles. The maximum Gasteiger partial charge on any atom is 0.275 e. The summed E-state index contributed by atoms with van der Waals surface area (Å²) in [6.45, 7) is 3.54. The number of rotatable bonds is 3. The van der Waals surface area contributed by atoms with Crippen LogP contribution in [0.1, 0.15) is 28.4 Å². The smallest absolute Gasteiger partial charge is 0.275 e. The molecular weight excluding hydrogens is 332 g/mol. The number of nitrogens with zero attached hydrogens (tertiary/aromatic N) is 1. The number of hydrazone groups is 1. The zero-order valence-corrected chi connectivity index (χ0v) is 13.3. The fourth-order valence-corrected chi connectivity index (χ4v) is 2.06. The number of amides is 1. The van der Waals surface area contributed by atoms with Gasteiger partial charge in [-0.25, -0.2) is 5.43 Å². The van der Waals surface area contributed by atoms with Crippen LogP contribution >= 0.6 is 15.9 Å². The molecule has 0 unspecified atom stereocenters. The van der Waals surface area contributed by atoms with Crippen LogP contribution in [0.5, 0.6) is 5.75 Å². The van der Waals surface area contributed by atoms with E-state index in [2.05, 4.69) is 26.5 Å². The first-order chi connectivity index (χ1) is 9.99. The van der Waals surface area contributed by atoms with E-state index in [4.69, 9.17) is 0 Å². The van der Waals surface area contributed by atoms with Crippen molar-refractivity contribution in [3.63, 3.8) is 0 Å². The van der Waals surface area contributed by atoms with Gasteiger partial charge in [0.15, 0.2) is 0 Å². The number of aromatic hydroxyl groups is 1. The predicted molar refractivity (Wildman–Crippen MR) is 86.7 cm³/mol. The minimum absolute atomic E-state index is 0.0218. The van der Waals surface area contributed by atoms with E-state index in [1.54, 1.807) is 32.0 Å². The van der Waals surface area contributed by atoms with Gasteiger partial charge in [0.2, 0.25) is 0 Å². The van der Waals surface area contributed by atoms with Crippen molar-refractivity contribution in [3.05, 3.63) is 63.6 Å². The van der Waals surface area contributed by atoms with Gasteiger partial charge in [-0.2, -0.15) is 5.10 Å². The Morgan fingerprint density at radius 1 is 1.19 bits per heavy atom. The van der Waals surface area contributed by atoms with Gasteiger partial charge in [0.25, 0.3) is 5.91 Å². The third-order valence-corrected chi connectivity index (χ3v) is 3.60. The van der Waals surface area contributed by atoms with Crippen molar-refractivity contribution in [2.24, 2.45) is 5.10 Å². The number of benzene rings is 2. The molecule has 108 valence electrons. The quantitative estimate of drug-likeness (QED) is 0.658. The number of aryl methyl sites for hydroxylation is 1. The summed E-state index contributed by atoms with van der Waals surface area (Å²) < 4.78 is 0.979. The highest BCUT2D eigenvalue weighted by atomic mass is 79.9. The second-order valence-electron chi connectivity index (χ2n) is 4.62. The van der Waals surface area contributed by atoms with Gasteiger partial charge < -0.3 is 5.11 Å². The largest absolute Gasteiger partial charge is 0.507 e. The molecule has 0 fully saturated rings. The second-order valence-corrected chi connectivity index (χ2v) is 5.53. The third kappa shape index (κ3) is 3.70. The van der Waals surface area contributed by atoms with Gasteiger partial charge in [-0.05, 0) is 43.2 Å². The monoisotopic (exact) mass is 346 g/mol. The second kappa shape index (κ2) is 6.54. The first-order valence-corrected chi connectivity index (χ1v) is 7.17. The van der Waals surface area contributed by atoms with Crippen LogP contribution in [0, 0.1) is 6.92 Å². The molecule has 2 aromatic carbocycles. The van der Waals surface area contributed by atoms with Gasteiger partial charge in [0, 0.05) is 4.47 Å². The lowest BCUT2D eigenvalue weighted by atomic mass is 10.1. The van der Waals surface area contributed by atoms with E-state index in [1.807, 2.05) is 24.3 Å². The Balaban J connectivity index is 2.14. The van der Waals surface area contributed by atoms with E-state index in [9.17, 15) is 9.90 Å². The Bertz CT molecular complexity index is 694. The summed E-state index contributed by atoms with van der Waals surface area (Å²) in [5.41, 5.74) is 4.91. The number of phenolic OH excluding ortho intramolecular Hbond substituents is 1. The van der Waals surface area contributed by atoms with Crippen molar-refractivity contribution < 1.29 is 9.90 Å². The van der Waals surface area contributed by atoms with Gasteiger partial charge in [-0.1, -0.05) is 40.2 Å². The van der Waals surface area contributed by atoms with Crippen molar-refractivity contribution in [1.82, 2.24) is 5.43 Å². The summed E-state index contributed by atoms with van der Waals surface area (Å²) in [5, 5.41) is 13.9. The number of nitrogens with one attached hydrogen (secondary N) is 1. The number of carbonyl (C=O) groups is 1. The molecule has 0 radical (unpaired) electrons. The normalized spacial score (nSPS) is 11.3. The molecule has 0 aliphatic heterocycles. The molecule has 0 saturated carbocycles. The Hall–Kier alpha value is -2.14. The van der Waals surface area contributed by atoms with E-state index < -0.39 is 5.91 Å². The van der Waals surface area contributed by atoms with Crippen LogP contribution in [0.15, 0.2) is 52.0 Å². The summed E-state index contributed by atoms with van der Waals surface area (Å²) in [6, 6.07) is 12.6. The topological polar surface area (TPSA) is 61.7 Å². The molecule has 2 rings (SSSR count). The van der Waals surface area contributed by atoms with Crippen LogP contribution < -0.4 is 5.43 Å². The number of halogens is 1. The average molecular weight is 347 g/mol. The summed E-state index contributed by atoms with van der Waals surface area (Å²) in [7, 11) is 0. The summed E-state index contributed by atoms with van der Waals surface area (Å²) in [4.78, 5) is 12.0. The van der Waals surface area contributed by atoms with Gasteiger partial charge in [-0.3, -0.25) is 4.79 Å². The molecule has 1 amide bonds. The first kappa shape index (κ1) is 15.3. The number of hydrogen-bond donors (Lipinski definition) is 2.